The van der Waals surface area contributed by atoms with Gasteiger partial charge in [-0.3, -0.25) is 9.59 Å². The second kappa shape index (κ2) is 8.06. The molecule has 0 aliphatic heterocycles. The fourth-order valence-electron chi connectivity index (χ4n) is 1.93. The molecule has 25 heavy (non-hydrogen) atoms. The summed E-state index contributed by atoms with van der Waals surface area (Å²) in [6, 6.07) is 12.3. The normalized spacial score (nSPS) is 11.6. The quantitative estimate of drug-likeness (QED) is 0.569. The largest absolute Gasteiger partial charge is 0.480 e. The van der Waals surface area contributed by atoms with Gasteiger partial charge in [0, 0.05) is 10.6 Å². The number of hydrogen-bond acceptors (Lipinski definition) is 4. The Kier molecular flexibility index (Phi) is 6.08. The van der Waals surface area contributed by atoms with Crippen LogP contribution in [-0.4, -0.2) is 31.8 Å². The molecule has 0 amide bonds. The van der Waals surface area contributed by atoms with Crippen molar-refractivity contribution in [1.29, 1.82) is 0 Å². The Labute approximate surface area is 149 Å². The number of halogens is 1. The molecular weight excluding hydrogens is 366 g/mol. The van der Waals surface area contributed by atoms with Crippen molar-refractivity contribution >= 4 is 39.5 Å². The second-order valence-corrected chi connectivity index (χ2v) is 7.14. The van der Waals surface area contributed by atoms with Gasteiger partial charge in [0.15, 0.2) is 5.78 Å². The van der Waals surface area contributed by atoms with Crippen LogP contribution in [0.3, 0.4) is 0 Å². The molecule has 0 aromatic heterocycles. The molecule has 0 fully saturated rings. The van der Waals surface area contributed by atoms with Gasteiger partial charge in [0.25, 0.3) is 0 Å². The highest BCUT2D eigenvalue weighted by atomic mass is 35.5. The van der Waals surface area contributed by atoms with Gasteiger partial charge in [-0.15, -0.1) is 0 Å². The Morgan fingerprint density at radius 1 is 1.12 bits per heavy atom. The number of benzene rings is 2. The number of sulfonamides is 1. The molecule has 130 valence electrons. The maximum Gasteiger partial charge on any atom is 0.318 e. The maximum absolute atomic E-state index is 12.2. The van der Waals surface area contributed by atoms with Crippen LogP contribution in [-0.2, 0) is 14.8 Å². The van der Waals surface area contributed by atoms with Crippen LogP contribution in [0.2, 0.25) is 5.02 Å². The molecule has 8 heteroatoms. The van der Waals surface area contributed by atoms with Gasteiger partial charge in [0.2, 0.25) is 10.0 Å². The minimum atomic E-state index is -4.01. The number of aliphatic carboxylic acids is 1. The molecule has 0 unspecified atom stereocenters. The topological polar surface area (TPSA) is 101 Å². The zero-order valence-electron chi connectivity index (χ0n) is 12.8. The predicted octanol–water partition coefficient (Wildman–Crippen LogP) is 2.60. The van der Waals surface area contributed by atoms with Crippen molar-refractivity contribution in [2.45, 2.75) is 4.90 Å². The summed E-state index contributed by atoms with van der Waals surface area (Å²) in [7, 11) is -4.01. The summed E-state index contributed by atoms with van der Waals surface area (Å²) in [6.45, 7) is -0.743. The molecule has 2 aromatic carbocycles. The number of carbonyl (C=O) groups is 2. The van der Waals surface area contributed by atoms with E-state index in [4.69, 9.17) is 16.7 Å². The van der Waals surface area contributed by atoms with Crippen molar-refractivity contribution in [3.63, 3.8) is 0 Å². The molecule has 0 aliphatic rings. The summed E-state index contributed by atoms with van der Waals surface area (Å²) < 4.78 is 26.0. The number of rotatable bonds is 7. The van der Waals surface area contributed by atoms with Crippen LogP contribution in [0, 0.1) is 0 Å². The molecule has 0 bridgehead atoms. The number of nitrogens with one attached hydrogen (secondary N) is 1. The van der Waals surface area contributed by atoms with E-state index in [9.17, 15) is 18.0 Å². The molecular formula is C17H14ClNO5S. The standard InChI is InChI=1S/C17H14ClNO5S/c18-15-7-2-1-4-12(15)8-9-16(20)13-5-3-6-14(10-13)25(23,24)19-11-17(21)22/h1-10,19H,11H2,(H,21,22)/b9-8+. The second-order valence-electron chi connectivity index (χ2n) is 4.97. The minimum Gasteiger partial charge on any atom is -0.480 e. The Balaban J connectivity index is 2.22. The van der Waals surface area contributed by atoms with Crippen molar-refractivity contribution in [3.05, 3.63) is 70.8 Å². The Morgan fingerprint density at radius 2 is 1.84 bits per heavy atom. The average Bonchev–Trinajstić information content (AvgIpc) is 2.59. The van der Waals surface area contributed by atoms with Gasteiger partial charge in [0.05, 0.1) is 4.90 Å². The maximum atomic E-state index is 12.2. The van der Waals surface area contributed by atoms with Crippen LogP contribution in [0.4, 0.5) is 0 Å². The van der Waals surface area contributed by atoms with E-state index in [1.165, 1.54) is 36.4 Å². The summed E-state index contributed by atoms with van der Waals surface area (Å²) in [6.07, 6.45) is 2.83. The number of allylic oxidation sites excluding steroid dienone is 1. The monoisotopic (exact) mass is 379 g/mol. The highest BCUT2D eigenvalue weighted by molar-refractivity contribution is 7.89. The van der Waals surface area contributed by atoms with Crippen molar-refractivity contribution in [1.82, 2.24) is 4.72 Å². The first kappa shape index (κ1) is 18.9. The number of carboxylic acids is 1. The minimum absolute atomic E-state index is 0.154. The zero-order chi connectivity index (χ0) is 18.4. The first-order valence-electron chi connectivity index (χ1n) is 7.08. The van der Waals surface area contributed by atoms with E-state index in [-0.39, 0.29) is 10.5 Å². The lowest BCUT2D eigenvalue weighted by atomic mass is 10.1. The Morgan fingerprint density at radius 3 is 2.52 bits per heavy atom. The molecule has 0 heterocycles. The number of carboxylic acid groups (broad SMARTS) is 1. The van der Waals surface area contributed by atoms with E-state index in [2.05, 4.69) is 0 Å². The molecule has 0 spiro atoms. The number of hydrogen-bond donors (Lipinski definition) is 2. The van der Waals surface area contributed by atoms with E-state index in [1.54, 1.807) is 24.3 Å². The highest BCUT2D eigenvalue weighted by Gasteiger charge is 2.16. The summed E-state index contributed by atoms with van der Waals surface area (Å²) >= 11 is 6.00. The lowest BCUT2D eigenvalue weighted by Gasteiger charge is -2.05. The van der Waals surface area contributed by atoms with Crippen LogP contribution in [0.1, 0.15) is 15.9 Å². The van der Waals surface area contributed by atoms with Gasteiger partial charge in [-0.05, 0) is 35.9 Å². The van der Waals surface area contributed by atoms with Gasteiger partial charge < -0.3 is 5.11 Å². The van der Waals surface area contributed by atoms with Crippen LogP contribution in [0.15, 0.2) is 59.5 Å². The van der Waals surface area contributed by atoms with Crippen LogP contribution >= 0.6 is 11.6 Å². The zero-order valence-corrected chi connectivity index (χ0v) is 14.4. The van der Waals surface area contributed by atoms with Crippen molar-refractivity contribution in [2.24, 2.45) is 0 Å². The molecule has 2 rings (SSSR count). The SMILES string of the molecule is O=C(O)CNS(=O)(=O)c1cccc(C(=O)/C=C/c2ccccc2Cl)c1. The van der Waals surface area contributed by atoms with Crippen LogP contribution < -0.4 is 4.72 Å². The molecule has 0 atom stereocenters. The summed E-state index contributed by atoms with van der Waals surface area (Å²) in [4.78, 5) is 22.5. The molecule has 6 nitrogen and oxygen atoms in total. The van der Waals surface area contributed by atoms with E-state index in [0.717, 1.165) is 0 Å². The summed E-state index contributed by atoms with van der Waals surface area (Å²) in [5.74, 6) is -1.71. The third kappa shape index (κ3) is 5.25. The van der Waals surface area contributed by atoms with Gasteiger partial charge in [0.1, 0.15) is 6.54 Å². The lowest BCUT2D eigenvalue weighted by Crippen LogP contribution is -2.29. The fourth-order valence-corrected chi connectivity index (χ4v) is 3.15. The predicted molar refractivity (Wildman–Crippen MR) is 94.1 cm³/mol. The van der Waals surface area contributed by atoms with Gasteiger partial charge >= 0.3 is 5.97 Å². The third-order valence-electron chi connectivity index (χ3n) is 3.16. The fraction of sp³-hybridized carbons (Fsp3) is 0.0588. The summed E-state index contributed by atoms with van der Waals surface area (Å²) in [5, 5.41) is 9.05. The molecule has 2 N–H and O–H groups in total. The smallest absolute Gasteiger partial charge is 0.318 e. The first-order valence-corrected chi connectivity index (χ1v) is 8.94. The molecule has 0 saturated carbocycles. The van der Waals surface area contributed by atoms with E-state index >= 15 is 0 Å². The third-order valence-corrected chi connectivity index (χ3v) is 4.90. The molecule has 0 aliphatic carbocycles. The lowest BCUT2D eigenvalue weighted by molar-refractivity contribution is -0.135. The van der Waals surface area contributed by atoms with Crippen molar-refractivity contribution in [3.8, 4) is 0 Å². The number of carbonyl (C=O) groups excluding carboxylic acids is 1. The van der Waals surface area contributed by atoms with Crippen molar-refractivity contribution in [2.75, 3.05) is 6.54 Å². The van der Waals surface area contributed by atoms with Gasteiger partial charge in [-0.2, -0.15) is 4.72 Å². The van der Waals surface area contributed by atoms with Gasteiger partial charge in [-0.1, -0.05) is 41.9 Å². The van der Waals surface area contributed by atoms with Crippen molar-refractivity contribution < 1.29 is 23.1 Å². The molecule has 0 saturated heterocycles. The van der Waals surface area contributed by atoms with Crippen LogP contribution in [0.5, 0.6) is 0 Å². The average molecular weight is 380 g/mol. The first-order chi connectivity index (χ1) is 11.8. The number of ketones is 1. The van der Waals surface area contributed by atoms with Gasteiger partial charge in [-0.25, -0.2) is 8.42 Å². The van der Waals surface area contributed by atoms with E-state index < -0.39 is 28.3 Å². The molecule has 2 aromatic rings. The Hall–Kier alpha value is -2.48. The van der Waals surface area contributed by atoms with Crippen LogP contribution in [0.25, 0.3) is 6.08 Å². The Bertz CT molecular complexity index is 938. The van der Waals surface area contributed by atoms with E-state index in [0.29, 0.717) is 10.6 Å². The summed E-state index contributed by atoms with van der Waals surface area (Å²) in [5.41, 5.74) is 0.811. The van der Waals surface area contributed by atoms with E-state index in [1.807, 2.05) is 4.72 Å². The highest BCUT2D eigenvalue weighted by Crippen LogP contribution is 2.17. The molecule has 0 radical (unpaired) electrons.